The van der Waals surface area contributed by atoms with Gasteiger partial charge in [0.05, 0.1) is 0 Å². The Bertz CT molecular complexity index is 403. The number of hydrogen-bond acceptors (Lipinski definition) is 2. The number of benzene rings is 1. The fourth-order valence-electron chi connectivity index (χ4n) is 2.11. The van der Waals surface area contributed by atoms with E-state index in [1.807, 2.05) is 18.8 Å². The molecule has 4 heteroatoms. The third-order valence-corrected chi connectivity index (χ3v) is 4.27. The standard InChI is InChI=1S/C13H19N3S/c1-14-13(15-2)16-9-12-11-6-4-3-5-10(11)7-8-17-12/h3-6,12H,7-9H2,1-2H3,(H2,14,15,16). The average Bonchev–Trinajstić information content (AvgIpc) is 2.40. The summed E-state index contributed by atoms with van der Waals surface area (Å²) >= 11 is 2.02. The third-order valence-electron chi connectivity index (χ3n) is 3.01. The number of nitrogens with one attached hydrogen (secondary N) is 2. The molecule has 0 aliphatic carbocycles. The Hall–Kier alpha value is -1.16. The molecule has 1 aromatic rings. The Morgan fingerprint density at radius 3 is 3.06 bits per heavy atom. The van der Waals surface area contributed by atoms with Crippen molar-refractivity contribution in [1.82, 2.24) is 10.6 Å². The van der Waals surface area contributed by atoms with Crippen LogP contribution in [0.25, 0.3) is 0 Å². The molecule has 92 valence electrons. The van der Waals surface area contributed by atoms with Gasteiger partial charge in [0.15, 0.2) is 5.96 Å². The van der Waals surface area contributed by atoms with Gasteiger partial charge in [-0.1, -0.05) is 24.3 Å². The molecule has 1 heterocycles. The van der Waals surface area contributed by atoms with E-state index >= 15 is 0 Å². The van der Waals surface area contributed by atoms with Crippen molar-refractivity contribution in [2.24, 2.45) is 4.99 Å². The summed E-state index contributed by atoms with van der Waals surface area (Å²) in [4.78, 5) is 4.13. The van der Waals surface area contributed by atoms with Crippen LogP contribution in [-0.4, -0.2) is 32.4 Å². The Labute approximate surface area is 107 Å². The van der Waals surface area contributed by atoms with Gasteiger partial charge < -0.3 is 10.6 Å². The van der Waals surface area contributed by atoms with E-state index in [1.165, 1.54) is 23.3 Å². The summed E-state index contributed by atoms with van der Waals surface area (Å²) in [7, 11) is 3.68. The molecule has 1 unspecified atom stereocenters. The molecule has 0 aromatic heterocycles. The third kappa shape index (κ3) is 2.94. The number of aryl methyl sites for hydroxylation is 1. The van der Waals surface area contributed by atoms with Crippen LogP contribution in [0.3, 0.4) is 0 Å². The summed E-state index contributed by atoms with van der Waals surface area (Å²) in [6, 6.07) is 8.75. The van der Waals surface area contributed by atoms with Crippen molar-refractivity contribution >= 4 is 17.7 Å². The predicted molar refractivity (Wildman–Crippen MR) is 75.8 cm³/mol. The number of aliphatic imine (C=N–C) groups is 1. The zero-order chi connectivity index (χ0) is 12.1. The second-order valence-electron chi connectivity index (χ2n) is 4.01. The molecule has 0 amide bonds. The van der Waals surface area contributed by atoms with Gasteiger partial charge in [-0.05, 0) is 23.3 Å². The minimum Gasteiger partial charge on any atom is -0.359 e. The van der Waals surface area contributed by atoms with Crippen LogP contribution in [-0.2, 0) is 6.42 Å². The highest BCUT2D eigenvalue weighted by atomic mass is 32.2. The van der Waals surface area contributed by atoms with Crippen LogP contribution in [0.15, 0.2) is 29.3 Å². The van der Waals surface area contributed by atoms with Crippen molar-refractivity contribution in [3.05, 3.63) is 35.4 Å². The van der Waals surface area contributed by atoms with Crippen molar-refractivity contribution in [3.8, 4) is 0 Å². The highest BCUT2D eigenvalue weighted by Crippen LogP contribution is 2.35. The van der Waals surface area contributed by atoms with Crippen LogP contribution in [0.4, 0.5) is 0 Å². The maximum absolute atomic E-state index is 4.13. The van der Waals surface area contributed by atoms with Gasteiger partial charge in [-0.3, -0.25) is 4.99 Å². The van der Waals surface area contributed by atoms with Crippen LogP contribution in [0.2, 0.25) is 0 Å². The van der Waals surface area contributed by atoms with Crippen LogP contribution < -0.4 is 10.6 Å². The van der Waals surface area contributed by atoms with Crippen molar-refractivity contribution in [2.45, 2.75) is 11.7 Å². The number of hydrogen-bond donors (Lipinski definition) is 2. The van der Waals surface area contributed by atoms with Gasteiger partial charge in [-0.2, -0.15) is 11.8 Å². The van der Waals surface area contributed by atoms with E-state index in [9.17, 15) is 0 Å². The Morgan fingerprint density at radius 1 is 1.47 bits per heavy atom. The highest BCUT2D eigenvalue weighted by Gasteiger charge is 2.20. The van der Waals surface area contributed by atoms with Crippen molar-refractivity contribution in [2.75, 3.05) is 26.4 Å². The summed E-state index contributed by atoms with van der Waals surface area (Å²) < 4.78 is 0. The molecule has 0 spiro atoms. The molecular weight excluding hydrogens is 230 g/mol. The van der Waals surface area contributed by atoms with E-state index in [-0.39, 0.29) is 0 Å². The van der Waals surface area contributed by atoms with Crippen molar-refractivity contribution in [1.29, 1.82) is 0 Å². The number of thioether (sulfide) groups is 1. The number of guanidine groups is 1. The summed E-state index contributed by atoms with van der Waals surface area (Å²) in [5.74, 6) is 2.07. The minimum absolute atomic E-state index is 0.532. The second kappa shape index (κ2) is 5.96. The largest absolute Gasteiger partial charge is 0.359 e. The van der Waals surface area contributed by atoms with Gasteiger partial charge in [0.25, 0.3) is 0 Å². The van der Waals surface area contributed by atoms with Gasteiger partial charge in [0, 0.05) is 25.9 Å². The molecule has 17 heavy (non-hydrogen) atoms. The van der Waals surface area contributed by atoms with E-state index in [1.54, 1.807) is 7.05 Å². The Balaban J connectivity index is 2.04. The number of fused-ring (bicyclic) bond motifs is 1. The second-order valence-corrected chi connectivity index (χ2v) is 5.32. The number of nitrogens with zero attached hydrogens (tertiary/aromatic N) is 1. The molecule has 0 saturated carbocycles. The van der Waals surface area contributed by atoms with Gasteiger partial charge in [0.2, 0.25) is 0 Å². The van der Waals surface area contributed by atoms with Crippen molar-refractivity contribution in [3.63, 3.8) is 0 Å². The smallest absolute Gasteiger partial charge is 0.190 e. The molecule has 1 aliphatic rings. The zero-order valence-corrected chi connectivity index (χ0v) is 11.2. The van der Waals surface area contributed by atoms with Crippen LogP contribution in [0.5, 0.6) is 0 Å². The lowest BCUT2D eigenvalue weighted by molar-refractivity contribution is 0.801. The van der Waals surface area contributed by atoms with E-state index in [0.29, 0.717) is 5.25 Å². The maximum Gasteiger partial charge on any atom is 0.190 e. The van der Waals surface area contributed by atoms with Gasteiger partial charge >= 0.3 is 0 Å². The molecule has 0 saturated heterocycles. The number of rotatable bonds is 2. The highest BCUT2D eigenvalue weighted by molar-refractivity contribution is 7.99. The molecule has 1 aromatic carbocycles. The SMILES string of the molecule is CN=C(NC)NCC1SCCc2ccccc21. The minimum atomic E-state index is 0.532. The van der Waals surface area contributed by atoms with Gasteiger partial charge in [-0.15, -0.1) is 0 Å². The maximum atomic E-state index is 4.13. The summed E-state index contributed by atoms with van der Waals surface area (Å²) in [5.41, 5.74) is 2.97. The summed E-state index contributed by atoms with van der Waals surface area (Å²) in [5, 5.41) is 6.93. The summed E-state index contributed by atoms with van der Waals surface area (Å²) in [6.45, 7) is 0.926. The van der Waals surface area contributed by atoms with E-state index in [0.717, 1.165) is 12.5 Å². The molecule has 2 N–H and O–H groups in total. The quantitative estimate of drug-likeness (QED) is 0.620. The topological polar surface area (TPSA) is 36.4 Å². The van der Waals surface area contributed by atoms with Crippen LogP contribution in [0.1, 0.15) is 16.4 Å². The average molecular weight is 249 g/mol. The lowest BCUT2D eigenvalue weighted by Gasteiger charge is -2.25. The molecule has 3 nitrogen and oxygen atoms in total. The first-order valence-corrected chi connectivity index (χ1v) is 6.98. The fourth-order valence-corrected chi connectivity index (χ4v) is 3.35. The Morgan fingerprint density at radius 2 is 2.29 bits per heavy atom. The zero-order valence-electron chi connectivity index (χ0n) is 10.4. The molecule has 1 aliphatic heterocycles. The molecule has 2 rings (SSSR count). The molecule has 1 atom stereocenters. The van der Waals surface area contributed by atoms with Crippen molar-refractivity contribution < 1.29 is 0 Å². The van der Waals surface area contributed by atoms with Gasteiger partial charge in [-0.25, -0.2) is 0 Å². The molecule has 0 radical (unpaired) electrons. The Kier molecular flexibility index (Phi) is 4.31. The van der Waals surface area contributed by atoms with E-state index in [2.05, 4.69) is 39.9 Å². The predicted octanol–water partition coefficient (Wildman–Crippen LogP) is 1.81. The molecular formula is C13H19N3S. The normalized spacial score (nSPS) is 19.6. The molecule has 0 fully saturated rings. The van der Waals surface area contributed by atoms with E-state index in [4.69, 9.17) is 0 Å². The van der Waals surface area contributed by atoms with Crippen LogP contribution >= 0.6 is 11.8 Å². The monoisotopic (exact) mass is 249 g/mol. The first-order chi connectivity index (χ1) is 8.35. The lowest BCUT2D eigenvalue weighted by Crippen LogP contribution is -2.37. The fraction of sp³-hybridized carbons (Fsp3) is 0.462. The first-order valence-electron chi connectivity index (χ1n) is 5.93. The molecule has 0 bridgehead atoms. The lowest BCUT2D eigenvalue weighted by atomic mass is 10.0. The first kappa shape index (κ1) is 12.3. The summed E-state index contributed by atoms with van der Waals surface area (Å²) in [6.07, 6.45) is 1.19. The van der Waals surface area contributed by atoms with E-state index < -0.39 is 0 Å². The van der Waals surface area contributed by atoms with Crippen LogP contribution in [0, 0.1) is 0 Å². The van der Waals surface area contributed by atoms with Gasteiger partial charge in [0.1, 0.15) is 0 Å².